The fraction of sp³-hybridized carbons (Fsp3) is 0.400. The third kappa shape index (κ3) is 5.46. The van der Waals surface area contributed by atoms with E-state index in [0.29, 0.717) is 24.6 Å². The molecular weight excluding hydrogens is 242 g/mol. The Morgan fingerprint density at radius 1 is 1.47 bits per heavy atom. The summed E-state index contributed by atoms with van der Waals surface area (Å²) < 4.78 is 5.03. The molecule has 1 rings (SSSR count). The number of ether oxygens (including phenoxy) is 1. The molecule has 4 nitrogen and oxygen atoms in total. The molecule has 1 aromatic rings. The minimum atomic E-state index is -0.0838. The molecule has 0 aromatic heterocycles. The van der Waals surface area contributed by atoms with Crippen molar-refractivity contribution in [1.82, 2.24) is 5.32 Å². The molecule has 2 N–H and O–H groups in total. The Kier molecular flexibility index (Phi) is 5.93. The first kappa shape index (κ1) is 15.1. The number of methoxy groups -OCH3 is 1. The van der Waals surface area contributed by atoms with E-state index in [1.54, 1.807) is 18.2 Å². The van der Waals surface area contributed by atoms with Crippen molar-refractivity contribution in [1.29, 1.82) is 0 Å². The highest BCUT2D eigenvalue weighted by molar-refractivity contribution is 5.87. The van der Waals surface area contributed by atoms with Crippen molar-refractivity contribution in [2.24, 2.45) is 5.92 Å². The molecule has 0 radical (unpaired) electrons. The van der Waals surface area contributed by atoms with Gasteiger partial charge in [-0.2, -0.15) is 0 Å². The second kappa shape index (κ2) is 7.46. The van der Waals surface area contributed by atoms with Gasteiger partial charge in [0.1, 0.15) is 0 Å². The summed E-state index contributed by atoms with van der Waals surface area (Å²) in [5.41, 5.74) is 1.00. The predicted octanol–water partition coefficient (Wildman–Crippen LogP) is 2.27. The van der Waals surface area contributed by atoms with Gasteiger partial charge in [-0.1, -0.05) is 26.0 Å². The lowest BCUT2D eigenvalue weighted by atomic mass is 10.1. The van der Waals surface area contributed by atoms with Crippen LogP contribution in [0.3, 0.4) is 0 Å². The van der Waals surface area contributed by atoms with Crippen molar-refractivity contribution in [3.8, 4) is 11.5 Å². The highest BCUT2D eigenvalue weighted by Crippen LogP contribution is 2.26. The second-order valence-electron chi connectivity index (χ2n) is 4.65. The van der Waals surface area contributed by atoms with E-state index in [9.17, 15) is 9.90 Å². The molecule has 0 saturated heterocycles. The van der Waals surface area contributed by atoms with Crippen molar-refractivity contribution < 1.29 is 14.6 Å². The van der Waals surface area contributed by atoms with Crippen LogP contribution in [0.1, 0.15) is 19.4 Å². The third-order valence-electron chi connectivity index (χ3n) is 2.59. The van der Waals surface area contributed by atoms with E-state index in [4.69, 9.17) is 4.74 Å². The Morgan fingerprint density at radius 3 is 2.84 bits per heavy atom. The molecule has 0 fully saturated rings. The first-order valence-electron chi connectivity index (χ1n) is 6.35. The van der Waals surface area contributed by atoms with Crippen LogP contribution >= 0.6 is 0 Å². The van der Waals surface area contributed by atoms with Gasteiger partial charge < -0.3 is 15.2 Å². The SMILES string of the molecule is COc1cc(CCNC(=O)/C=C/C(C)C)ccc1O. The van der Waals surface area contributed by atoms with Gasteiger partial charge in [0.05, 0.1) is 7.11 Å². The van der Waals surface area contributed by atoms with Crippen LogP contribution < -0.4 is 10.1 Å². The van der Waals surface area contributed by atoms with E-state index in [1.807, 2.05) is 26.0 Å². The molecule has 0 spiro atoms. The molecule has 0 aliphatic heterocycles. The van der Waals surface area contributed by atoms with Crippen LogP contribution in [0.15, 0.2) is 30.4 Å². The zero-order valence-electron chi connectivity index (χ0n) is 11.6. The number of carbonyl (C=O) groups excluding carboxylic acids is 1. The average Bonchev–Trinajstić information content (AvgIpc) is 2.38. The maximum Gasteiger partial charge on any atom is 0.243 e. The summed E-state index contributed by atoms with van der Waals surface area (Å²) in [7, 11) is 1.51. The molecule has 19 heavy (non-hydrogen) atoms. The van der Waals surface area contributed by atoms with Gasteiger partial charge in [-0.15, -0.1) is 0 Å². The van der Waals surface area contributed by atoms with Crippen LogP contribution in [0.4, 0.5) is 0 Å². The summed E-state index contributed by atoms with van der Waals surface area (Å²) in [4.78, 5) is 11.5. The first-order chi connectivity index (χ1) is 9.02. The van der Waals surface area contributed by atoms with Crippen LogP contribution in [0.5, 0.6) is 11.5 Å². The van der Waals surface area contributed by atoms with Gasteiger partial charge in [0.15, 0.2) is 11.5 Å². The highest BCUT2D eigenvalue weighted by Gasteiger charge is 2.03. The van der Waals surface area contributed by atoms with E-state index in [2.05, 4.69) is 5.32 Å². The lowest BCUT2D eigenvalue weighted by Gasteiger charge is -2.07. The lowest BCUT2D eigenvalue weighted by molar-refractivity contribution is -0.116. The second-order valence-corrected chi connectivity index (χ2v) is 4.65. The summed E-state index contributed by atoms with van der Waals surface area (Å²) in [6.07, 6.45) is 4.11. The van der Waals surface area contributed by atoms with Crippen molar-refractivity contribution in [2.75, 3.05) is 13.7 Å². The van der Waals surface area contributed by atoms with Gasteiger partial charge in [-0.05, 0) is 36.1 Å². The van der Waals surface area contributed by atoms with Crippen LogP contribution in [-0.4, -0.2) is 24.7 Å². The van der Waals surface area contributed by atoms with Gasteiger partial charge in [0.2, 0.25) is 5.91 Å². The molecule has 0 heterocycles. The number of hydrogen-bond acceptors (Lipinski definition) is 3. The number of nitrogens with one attached hydrogen (secondary N) is 1. The van der Waals surface area contributed by atoms with Gasteiger partial charge >= 0.3 is 0 Å². The van der Waals surface area contributed by atoms with E-state index >= 15 is 0 Å². The van der Waals surface area contributed by atoms with Crippen molar-refractivity contribution in [2.45, 2.75) is 20.3 Å². The maximum atomic E-state index is 11.5. The Bertz CT molecular complexity index is 453. The number of hydrogen-bond donors (Lipinski definition) is 2. The Labute approximate surface area is 114 Å². The first-order valence-corrected chi connectivity index (χ1v) is 6.35. The Balaban J connectivity index is 2.43. The fourth-order valence-electron chi connectivity index (χ4n) is 1.55. The summed E-state index contributed by atoms with van der Waals surface area (Å²) in [5.74, 6) is 0.852. The van der Waals surface area contributed by atoms with E-state index < -0.39 is 0 Å². The Hall–Kier alpha value is -1.97. The number of benzene rings is 1. The standard InChI is InChI=1S/C15H21NO3/c1-11(2)4-7-15(18)16-9-8-12-5-6-13(17)14(10-12)19-3/h4-7,10-11,17H,8-9H2,1-3H3,(H,16,18)/b7-4+. The smallest absolute Gasteiger partial charge is 0.243 e. The normalized spacial score (nSPS) is 10.9. The summed E-state index contributed by atoms with van der Waals surface area (Å²) in [6.45, 7) is 4.59. The number of phenolic OH excluding ortho intramolecular Hbond substituents is 1. The molecular formula is C15H21NO3. The molecule has 0 saturated carbocycles. The van der Waals surface area contributed by atoms with Crippen LogP contribution in [0.25, 0.3) is 0 Å². The number of phenols is 1. The minimum absolute atomic E-state index is 0.0838. The van der Waals surface area contributed by atoms with Crippen molar-refractivity contribution >= 4 is 5.91 Å². The average molecular weight is 263 g/mol. The zero-order chi connectivity index (χ0) is 14.3. The van der Waals surface area contributed by atoms with E-state index in [1.165, 1.54) is 7.11 Å². The highest BCUT2D eigenvalue weighted by atomic mass is 16.5. The number of rotatable bonds is 6. The molecule has 0 aliphatic rings. The number of carbonyl (C=O) groups is 1. The largest absolute Gasteiger partial charge is 0.504 e. The lowest BCUT2D eigenvalue weighted by Crippen LogP contribution is -2.23. The van der Waals surface area contributed by atoms with Gasteiger partial charge in [0.25, 0.3) is 0 Å². The molecule has 0 aliphatic carbocycles. The summed E-state index contributed by atoms with van der Waals surface area (Å²) >= 11 is 0. The summed E-state index contributed by atoms with van der Waals surface area (Å²) in [6, 6.07) is 5.17. The number of aromatic hydroxyl groups is 1. The molecule has 0 bridgehead atoms. The van der Waals surface area contributed by atoms with Crippen molar-refractivity contribution in [3.05, 3.63) is 35.9 Å². The summed E-state index contributed by atoms with van der Waals surface area (Å²) in [5, 5.41) is 12.3. The topological polar surface area (TPSA) is 58.6 Å². The quantitative estimate of drug-likeness (QED) is 0.774. The van der Waals surface area contributed by atoms with Gasteiger partial charge in [-0.25, -0.2) is 0 Å². The number of amides is 1. The predicted molar refractivity (Wildman–Crippen MR) is 75.4 cm³/mol. The fourth-order valence-corrected chi connectivity index (χ4v) is 1.55. The molecule has 104 valence electrons. The van der Waals surface area contributed by atoms with E-state index in [0.717, 1.165) is 5.56 Å². The minimum Gasteiger partial charge on any atom is -0.504 e. The monoisotopic (exact) mass is 263 g/mol. The third-order valence-corrected chi connectivity index (χ3v) is 2.59. The molecule has 0 unspecified atom stereocenters. The molecule has 4 heteroatoms. The van der Waals surface area contributed by atoms with Crippen LogP contribution in [0, 0.1) is 5.92 Å². The Morgan fingerprint density at radius 2 is 2.21 bits per heavy atom. The van der Waals surface area contributed by atoms with Crippen LogP contribution in [0.2, 0.25) is 0 Å². The van der Waals surface area contributed by atoms with Crippen LogP contribution in [-0.2, 0) is 11.2 Å². The maximum absolute atomic E-state index is 11.5. The van der Waals surface area contributed by atoms with Crippen molar-refractivity contribution in [3.63, 3.8) is 0 Å². The van der Waals surface area contributed by atoms with E-state index in [-0.39, 0.29) is 11.7 Å². The zero-order valence-corrected chi connectivity index (χ0v) is 11.6. The molecule has 0 atom stereocenters. The molecule has 1 aromatic carbocycles. The van der Waals surface area contributed by atoms with Gasteiger partial charge in [-0.3, -0.25) is 4.79 Å². The molecule has 1 amide bonds. The number of allylic oxidation sites excluding steroid dienone is 1. The van der Waals surface area contributed by atoms with Gasteiger partial charge in [0, 0.05) is 6.54 Å².